The van der Waals surface area contributed by atoms with Gasteiger partial charge in [-0.2, -0.15) is 11.3 Å². The average molecular weight is 355 g/mol. The van der Waals surface area contributed by atoms with Gasteiger partial charge in [0.15, 0.2) is 0 Å². The maximum atomic E-state index is 11.4. The van der Waals surface area contributed by atoms with Crippen molar-refractivity contribution in [3.8, 4) is 0 Å². The van der Waals surface area contributed by atoms with Gasteiger partial charge in [-0.3, -0.25) is 10.1 Å². The SMILES string of the molecule is CC(Cc1ccsc1)N(C)c1ccc(S(N)(=O)=O)cc1[N+](=O)[O-]. The fraction of sp³-hybridized carbons (Fsp3) is 0.286. The van der Waals surface area contributed by atoms with Gasteiger partial charge in [0.2, 0.25) is 10.0 Å². The van der Waals surface area contributed by atoms with E-state index in [0.717, 1.165) is 18.1 Å². The molecule has 0 aliphatic heterocycles. The van der Waals surface area contributed by atoms with Crippen LogP contribution in [0.25, 0.3) is 0 Å². The molecule has 9 heteroatoms. The molecule has 1 aromatic heterocycles. The first-order chi connectivity index (χ1) is 10.7. The molecule has 0 spiro atoms. The number of nitrogens with zero attached hydrogens (tertiary/aromatic N) is 2. The highest BCUT2D eigenvalue weighted by molar-refractivity contribution is 7.89. The van der Waals surface area contributed by atoms with Gasteiger partial charge in [0.1, 0.15) is 5.69 Å². The number of sulfonamides is 1. The van der Waals surface area contributed by atoms with Crippen LogP contribution < -0.4 is 10.0 Å². The molecule has 0 aliphatic rings. The Labute approximate surface area is 138 Å². The van der Waals surface area contributed by atoms with E-state index < -0.39 is 14.9 Å². The van der Waals surface area contributed by atoms with E-state index in [1.165, 1.54) is 12.1 Å². The van der Waals surface area contributed by atoms with Crippen molar-refractivity contribution >= 4 is 32.7 Å². The first kappa shape index (κ1) is 17.4. The number of rotatable bonds is 6. The Hall–Kier alpha value is -1.97. The molecular weight excluding hydrogens is 338 g/mol. The number of primary sulfonamides is 1. The molecule has 0 amide bonds. The second-order valence-corrected chi connectivity index (χ2v) is 7.59. The summed E-state index contributed by atoms with van der Waals surface area (Å²) < 4.78 is 22.8. The number of thiophene rings is 1. The summed E-state index contributed by atoms with van der Waals surface area (Å²) in [5.41, 5.74) is 1.22. The van der Waals surface area contributed by atoms with Crippen LogP contribution in [0.2, 0.25) is 0 Å². The molecular formula is C14H17N3O4S2. The van der Waals surface area contributed by atoms with Crippen LogP contribution in [-0.4, -0.2) is 26.4 Å². The number of hydrogen-bond donors (Lipinski definition) is 1. The van der Waals surface area contributed by atoms with E-state index in [1.54, 1.807) is 23.3 Å². The van der Waals surface area contributed by atoms with Gasteiger partial charge >= 0.3 is 0 Å². The van der Waals surface area contributed by atoms with Crippen LogP contribution in [-0.2, 0) is 16.4 Å². The molecule has 0 saturated carbocycles. The summed E-state index contributed by atoms with van der Waals surface area (Å²) in [5.74, 6) is 0. The molecule has 124 valence electrons. The predicted molar refractivity (Wildman–Crippen MR) is 90.4 cm³/mol. The highest BCUT2D eigenvalue weighted by atomic mass is 32.2. The van der Waals surface area contributed by atoms with Crippen LogP contribution in [0, 0.1) is 10.1 Å². The minimum atomic E-state index is -3.98. The number of benzene rings is 1. The molecule has 2 N–H and O–H groups in total. The zero-order valence-corrected chi connectivity index (χ0v) is 14.3. The molecule has 1 heterocycles. The monoisotopic (exact) mass is 355 g/mol. The van der Waals surface area contributed by atoms with E-state index in [9.17, 15) is 18.5 Å². The Morgan fingerprint density at radius 3 is 2.61 bits per heavy atom. The standard InChI is InChI=1S/C14H17N3O4S2/c1-10(7-11-5-6-22-9-11)16(2)13-4-3-12(23(15,20)21)8-14(13)17(18)19/h3-6,8-10H,7H2,1-2H3,(H2,15,20,21). The molecule has 2 rings (SSSR count). The van der Waals surface area contributed by atoms with Gasteiger partial charge in [-0.05, 0) is 47.9 Å². The summed E-state index contributed by atoms with van der Waals surface area (Å²) in [6, 6.07) is 5.71. The number of nitrogens with two attached hydrogens (primary N) is 1. The van der Waals surface area contributed by atoms with Crippen LogP contribution in [0.3, 0.4) is 0 Å². The van der Waals surface area contributed by atoms with E-state index >= 15 is 0 Å². The molecule has 1 aromatic carbocycles. The third-order valence-corrected chi connectivity index (χ3v) is 5.27. The van der Waals surface area contributed by atoms with E-state index in [-0.39, 0.29) is 16.6 Å². The van der Waals surface area contributed by atoms with Crippen LogP contribution >= 0.6 is 11.3 Å². The molecule has 1 atom stereocenters. The third-order valence-electron chi connectivity index (χ3n) is 3.62. The van der Waals surface area contributed by atoms with E-state index in [0.29, 0.717) is 5.69 Å². The lowest BCUT2D eigenvalue weighted by Gasteiger charge is -2.26. The number of nitro benzene ring substituents is 1. The van der Waals surface area contributed by atoms with Crippen molar-refractivity contribution in [2.24, 2.45) is 5.14 Å². The first-order valence-electron chi connectivity index (χ1n) is 6.75. The fourth-order valence-electron chi connectivity index (χ4n) is 2.25. The Kier molecular flexibility index (Phi) is 5.03. The molecule has 0 aliphatic carbocycles. The Balaban J connectivity index is 2.35. The quantitative estimate of drug-likeness (QED) is 0.632. The minimum absolute atomic E-state index is 0.00336. The van der Waals surface area contributed by atoms with Crippen LogP contribution in [0.5, 0.6) is 0 Å². The summed E-state index contributed by atoms with van der Waals surface area (Å²) in [7, 11) is -2.24. The van der Waals surface area contributed by atoms with Gasteiger partial charge in [-0.1, -0.05) is 0 Å². The molecule has 0 saturated heterocycles. The molecule has 0 fully saturated rings. The second-order valence-electron chi connectivity index (χ2n) is 5.25. The van der Waals surface area contributed by atoms with Gasteiger partial charge < -0.3 is 4.90 Å². The molecule has 23 heavy (non-hydrogen) atoms. The summed E-state index contributed by atoms with van der Waals surface area (Å²) in [4.78, 5) is 12.2. The summed E-state index contributed by atoms with van der Waals surface area (Å²) in [5, 5.41) is 20.3. The maximum Gasteiger partial charge on any atom is 0.293 e. The number of nitro groups is 1. The van der Waals surface area contributed by atoms with Gasteiger partial charge in [0.25, 0.3) is 5.69 Å². The maximum absolute atomic E-state index is 11.4. The van der Waals surface area contributed by atoms with Crippen molar-refractivity contribution in [3.63, 3.8) is 0 Å². The Bertz CT molecular complexity index is 803. The molecule has 7 nitrogen and oxygen atoms in total. The summed E-state index contributed by atoms with van der Waals surface area (Å²) in [6.07, 6.45) is 0.730. The van der Waals surface area contributed by atoms with Crippen molar-refractivity contribution < 1.29 is 13.3 Å². The van der Waals surface area contributed by atoms with Gasteiger partial charge in [-0.15, -0.1) is 0 Å². The molecule has 1 unspecified atom stereocenters. The van der Waals surface area contributed by atoms with Crippen molar-refractivity contribution in [2.45, 2.75) is 24.3 Å². The zero-order valence-electron chi connectivity index (χ0n) is 12.7. The number of likely N-dealkylation sites (N-methyl/N-ethyl adjacent to an activating group) is 1. The van der Waals surface area contributed by atoms with Crippen LogP contribution in [0.15, 0.2) is 39.9 Å². The molecule has 0 radical (unpaired) electrons. The van der Waals surface area contributed by atoms with Gasteiger partial charge in [0.05, 0.1) is 9.82 Å². The van der Waals surface area contributed by atoms with Crippen molar-refractivity contribution in [3.05, 3.63) is 50.7 Å². The normalized spacial score (nSPS) is 12.8. The van der Waals surface area contributed by atoms with E-state index in [4.69, 9.17) is 5.14 Å². The van der Waals surface area contributed by atoms with E-state index in [1.807, 2.05) is 23.8 Å². The van der Waals surface area contributed by atoms with Crippen molar-refractivity contribution in [2.75, 3.05) is 11.9 Å². The lowest BCUT2D eigenvalue weighted by Crippen LogP contribution is -2.31. The Morgan fingerprint density at radius 2 is 2.09 bits per heavy atom. The number of hydrogen-bond acceptors (Lipinski definition) is 6. The third kappa shape index (κ3) is 4.06. The molecule has 2 aromatic rings. The van der Waals surface area contributed by atoms with E-state index in [2.05, 4.69) is 0 Å². The lowest BCUT2D eigenvalue weighted by atomic mass is 10.1. The topological polar surface area (TPSA) is 107 Å². The zero-order chi connectivity index (χ0) is 17.2. The first-order valence-corrected chi connectivity index (χ1v) is 9.24. The second kappa shape index (κ2) is 6.65. The molecule has 0 bridgehead atoms. The highest BCUT2D eigenvalue weighted by Crippen LogP contribution is 2.31. The lowest BCUT2D eigenvalue weighted by molar-refractivity contribution is -0.384. The summed E-state index contributed by atoms with van der Waals surface area (Å²) >= 11 is 1.59. The fourth-order valence-corrected chi connectivity index (χ4v) is 3.46. The Morgan fingerprint density at radius 1 is 1.39 bits per heavy atom. The predicted octanol–water partition coefficient (Wildman–Crippen LogP) is 2.37. The van der Waals surface area contributed by atoms with Crippen molar-refractivity contribution in [1.29, 1.82) is 0 Å². The van der Waals surface area contributed by atoms with Crippen LogP contribution in [0.1, 0.15) is 12.5 Å². The average Bonchev–Trinajstić information content (AvgIpc) is 2.97. The largest absolute Gasteiger partial charge is 0.366 e. The summed E-state index contributed by atoms with van der Waals surface area (Å²) in [6.45, 7) is 1.95. The highest BCUT2D eigenvalue weighted by Gasteiger charge is 2.23. The van der Waals surface area contributed by atoms with Gasteiger partial charge in [0, 0.05) is 19.2 Å². The smallest absolute Gasteiger partial charge is 0.293 e. The van der Waals surface area contributed by atoms with Gasteiger partial charge in [-0.25, -0.2) is 13.6 Å². The minimum Gasteiger partial charge on any atom is -0.366 e. The van der Waals surface area contributed by atoms with Crippen molar-refractivity contribution in [1.82, 2.24) is 0 Å². The van der Waals surface area contributed by atoms with Crippen LogP contribution in [0.4, 0.5) is 11.4 Å². The number of anilines is 1.